The molecule has 0 atom stereocenters. The topological polar surface area (TPSA) is 29.9 Å². The average Bonchev–Trinajstić information content (AvgIpc) is 2.79. The highest BCUT2D eigenvalue weighted by Crippen LogP contribution is 2.12. The van der Waals surface area contributed by atoms with E-state index in [1.807, 2.05) is 13.4 Å². The quantitative estimate of drug-likeness (QED) is 0.873. The fourth-order valence-electron chi connectivity index (χ4n) is 2.04. The summed E-state index contributed by atoms with van der Waals surface area (Å²) in [7, 11) is 1.97. The summed E-state index contributed by atoms with van der Waals surface area (Å²) in [6.45, 7) is 6.17. The third-order valence-corrected chi connectivity index (χ3v) is 3.18. The van der Waals surface area contributed by atoms with Crippen LogP contribution in [0.1, 0.15) is 22.4 Å². The van der Waals surface area contributed by atoms with Gasteiger partial charge in [0.25, 0.3) is 0 Å². The van der Waals surface area contributed by atoms with Crippen LogP contribution in [0.5, 0.6) is 0 Å². The normalized spacial score (nSPS) is 10.8. The molecule has 0 saturated carbocycles. The van der Waals surface area contributed by atoms with Crippen molar-refractivity contribution in [2.45, 2.75) is 26.8 Å². The molecule has 0 saturated heterocycles. The summed E-state index contributed by atoms with van der Waals surface area (Å²) in [6, 6.07) is 6.59. The van der Waals surface area contributed by atoms with E-state index in [9.17, 15) is 0 Å². The molecule has 0 unspecified atom stereocenters. The Morgan fingerprint density at radius 2 is 2.11 bits per heavy atom. The van der Waals surface area contributed by atoms with Gasteiger partial charge in [-0.1, -0.05) is 23.8 Å². The molecule has 0 aliphatic rings. The number of hydrogen-bond donors (Lipinski definition) is 1. The summed E-state index contributed by atoms with van der Waals surface area (Å²) in [5, 5.41) is 3.14. The molecule has 3 heteroatoms. The number of aryl methyl sites for hydroxylation is 2. The first-order chi connectivity index (χ1) is 8.69. The van der Waals surface area contributed by atoms with Crippen LogP contribution in [0, 0.1) is 13.8 Å². The Morgan fingerprint density at radius 1 is 1.28 bits per heavy atom. The Hall–Kier alpha value is -1.61. The molecule has 2 aromatic rings. The monoisotopic (exact) mass is 243 g/mol. The fraction of sp³-hybridized carbons (Fsp3) is 0.400. The first-order valence-corrected chi connectivity index (χ1v) is 6.40. The second-order valence-electron chi connectivity index (χ2n) is 4.82. The van der Waals surface area contributed by atoms with Crippen molar-refractivity contribution in [1.29, 1.82) is 0 Å². The minimum atomic E-state index is 0.903. The van der Waals surface area contributed by atoms with Crippen molar-refractivity contribution in [3.63, 3.8) is 0 Å². The molecular weight excluding hydrogens is 222 g/mol. The van der Waals surface area contributed by atoms with Crippen LogP contribution < -0.4 is 5.32 Å². The molecule has 3 nitrogen and oxygen atoms in total. The largest absolute Gasteiger partial charge is 0.333 e. The minimum Gasteiger partial charge on any atom is -0.333 e. The maximum Gasteiger partial charge on any atom is 0.0952 e. The van der Waals surface area contributed by atoms with E-state index in [2.05, 4.69) is 53.1 Å². The molecule has 0 amide bonds. The van der Waals surface area contributed by atoms with Crippen LogP contribution >= 0.6 is 0 Å². The van der Waals surface area contributed by atoms with Gasteiger partial charge in [-0.05, 0) is 32.0 Å². The highest BCUT2D eigenvalue weighted by molar-refractivity contribution is 5.30. The Bertz CT molecular complexity index is 514. The van der Waals surface area contributed by atoms with Gasteiger partial charge in [0, 0.05) is 25.7 Å². The molecule has 0 aliphatic carbocycles. The van der Waals surface area contributed by atoms with Crippen molar-refractivity contribution in [2.75, 3.05) is 13.6 Å². The Labute approximate surface area is 109 Å². The van der Waals surface area contributed by atoms with Crippen molar-refractivity contribution in [3.05, 3.63) is 53.1 Å². The molecule has 0 aliphatic heterocycles. The number of benzene rings is 1. The van der Waals surface area contributed by atoms with E-state index in [1.165, 1.54) is 16.7 Å². The van der Waals surface area contributed by atoms with E-state index in [-0.39, 0.29) is 0 Å². The predicted molar refractivity (Wildman–Crippen MR) is 74.9 cm³/mol. The van der Waals surface area contributed by atoms with Gasteiger partial charge in [-0.15, -0.1) is 0 Å². The summed E-state index contributed by atoms with van der Waals surface area (Å²) < 4.78 is 2.16. The maximum atomic E-state index is 4.42. The Morgan fingerprint density at radius 3 is 2.89 bits per heavy atom. The first kappa shape index (κ1) is 12.8. The Balaban J connectivity index is 2.08. The number of aromatic nitrogens is 2. The van der Waals surface area contributed by atoms with Gasteiger partial charge in [0.1, 0.15) is 0 Å². The molecular formula is C15H21N3. The van der Waals surface area contributed by atoms with Crippen molar-refractivity contribution < 1.29 is 0 Å². The lowest BCUT2D eigenvalue weighted by molar-refractivity contribution is 0.772. The van der Waals surface area contributed by atoms with Gasteiger partial charge >= 0.3 is 0 Å². The number of likely N-dealkylation sites (N-methyl/N-ethyl adjacent to an activating group) is 1. The van der Waals surface area contributed by atoms with E-state index in [0.717, 1.165) is 25.2 Å². The molecule has 18 heavy (non-hydrogen) atoms. The standard InChI is InChI=1S/C15H21N3/c1-12-4-5-13(2)14(8-12)9-18-10-15(17-11-18)6-7-16-3/h4-5,8,10-11,16H,6-7,9H2,1-3H3. The molecule has 1 heterocycles. The van der Waals surface area contributed by atoms with Gasteiger partial charge in [-0.3, -0.25) is 0 Å². The van der Waals surface area contributed by atoms with E-state index in [1.54, 1.807) is 0 Å². The molecule has 0 bridgehead atoms. The second-order valence-corrected chi connectivity index (χ2v) is 4.82. The summed E-state index contributed by atoms with van der Waals surface area (Å²) >= 11 is 0. The van der Waals surface area contributed by atoms with Gasteiger partial charge in [-0.2, -0.15) is 0 Å². The highest BCUT2D eigenvalue weighted by atomic mass is 15.0. The predicted octanol–water partition coefficient (Wildman–Crippen LogP) is 2.31. The van der Waals surface area contributed by atoms with Gasteiger partial charge in [0.15, 0.2) is 0 Å². The molecule has 96 valence electrons. The smallest absolute Gasteiger partial charge is 0.0952 e. The van der Waals surface area contributed by atoms with Crippen LogP contribution in [0.3, 0.4) is 0 Å². The summed E-state index contributed by atoms with van der Waals surface area (Å²) in [6.07, 6.45) is 5.04. The van der Waals surface area contributed by atoms with E-state index < -0.39 is 0 Å². The van der Waals surface area contributed by atoms with Crippen LogP contribution in [0.4, 0.5) is 0 Å². The number of nitrogens with zero attached hydrogens (tertiary/aromatic N) is 2. The van der Waals surface area contributed by atoms with Crippen LogP contribution in [0.25, 0.3) is 0 Å². The molecule has 2 rings (SSSR count). The second kappa shape index (κ2) is 5.83. The summed E-state index contributed by atoms with van der Waals surface area (Å²) in [4.78, 5) is 4.42. The van der Waals surface area contributed by atoms with Crippen molar-refractivity contribution >= 4 is 0 Å². The van der Waals surface area contributed by atoms with Crippen LogP contribution in [-0.4, -0.2) is 23.1 Å². The van der Waals surface area contributed by atoms with E-state index >= 15 is 0 Å². The van der Waals surface area contributed by atoms with Gasteiger partial charge in [0.2, 0.25) is 0 Å². The van der Waals surface area contributed by atoms with E-state index in [4.69, 9.17) is 0 Å². The zero-order chi connectivity index (χ0) is 13.0. The number of hydrogen-bond acceptors (Lipinski definition) is 2. The zero-order valence-corrected chi connectivity index (χ0v) is 11.4. The first-order valence-electron chi connectivity index (χ1n) is 6.40. The van der Waals surface area contributed by atoms with E-state index in [0.29, 0.717) is 0 Å². The van der Waals surface area contributed by atoms with Crippen LogP contribution in [-0.2, 0) is 13.0 Å². The highest BCUT2D eigenvalue weighted by Gasteiger charge is 2.02. The van der Waals surface area contributed by atoms with Crippen molar-refractivity contribution in [1.82, 2.24) is 14.9 Å². The molecule has 1 aromatic heterocycles. The summed E-state index contributed by atoms with van der Waals surface area (Å²) in [5.74, 6) is 0. The lowest BCUT2D eigenvalue weighted by Gasteiger charge is -2.07. The molecule has 0 spiro atoms. The van der Waals surface area contributed by atoms with Crippen LogP contribution in [0.15, 0.2) is 30.7 Å². The molecule has 0 fully saturated rings. The number of nitrogens with one attached hydrogen (secondary N) is 1. The van der Waals surface area contributed by atoms with Gasteiger partial charge < -0.3 is 9.88 Å². The number of imidazole rings is 1. The lowest BCUT2D eigenvalue weighted by atomic mass is 10.1. The average molecular weight is 243 g/mol. The van der Waals surface area contributed by atoms with Crippen molar-refractivity contribution in [3.8, 4) is 0 Å². The SMILES string of the molecule is CNCCc1cn(Cc2cc(C)ccc2C)cn1. The zero-order valence-electron chi connectivity index (χ0n) is 11.4. The fourth-order valence-corrected chi connectivity index (χ4v) is 2.04. The maximum absolute atomic E-state index is 4.42. The van der Waals surface area contributed by atoms with Gasteiger partial charge in [0.05, 0.1) is 12.0 Å². The lowest BCUT2D eigenvalue weighted by Crippen LogP contribution is -2.10. The number of rotatable bonds is 5. The third kappa shape index (κ3) is 3.20. The molecule has 0 radical (unpaired) electrons. The van der Waals surface area contributed by atoms with Crippen molar-refractivity contribution in [2.24, 2.45) is 0 Å². The third-order valence-electron chi connectivity index (χ3n) is 3.18. The Kier molecular flexibility index (Phi) is 4.15. The molecule has 1 aromatic carbocycles. The van der Waals surface area contributed by atoms with Crippen LogP contribution in [0.2, 0.25) is 0 Å². The summed E-state index contributed by atoms with van der Waals surface area (Å²) in [5.41, 5.74) is 5.17. The minimum absolute atomic E-state index is 0.903. The molecule has 1 N–H and O–H groups in total. The van der Waals surface area contributed by atoms with Gasteiger partial charge in [-0.25, -0.2) is 4.98 Å².